The molecule has 7 rings (SSSR count). The van der Waals surface area contributed by atoms with Crippen LogP contribution < -0.4 is 14.8 Å². The minimum atomic E-state index is -3.64. The molecule has 0 bridgehead atoms. The van der Waals surface area contributed by atoms with Gasteiger partial charge in [-0.1, -0.05) is 32.0 Å². The fourth-order valence-electron chi connectivity index (χ4n) is 6.19. The van der Waals surface area contributed by atoms with Crippen LogP contribution in [0.2, 0.25) is 0 Å². The van der Waals surface area contributed by atoms with Gasteiger partial charge in [-0.25, -0.2) is 13.4 Å². The molecule has 3 aromatic carbocycles. The number of nitrogens with zero attached hydrogens (tertiary/aromatic N) is 2. The van der Waals surface area contributed by atoms with Crippen molar-refractivity contribution in [3.05, 3.63) is 88.3 Å². The van der Waals surface area contributed by atoms with Gasteiger partial charge in [0.15, 0.2) is 11.5 Å². The number of nitrogens with one attached hydrogen (secondary N) is 1. The van der Waals surface area contributed by atoms with Gasteiger partial charge < -0.3 is 14.8 Å². The van der Waals surface area contributed by atoms with Crippen LogP contribution in [0, 0.1) is 18.8 Å². The minimum absolute atomic E-state index is 0.202. The Balaban J connectivity index is 1.18. The third kappa shape index (κ3) is 5.85. The third-order valence-corrected chi connectivity index (χ3v) is 12.5. The van der Waals surface area contributed by atoms with E-state index in [9.17, 15) is 13.2 Å². The lowest BCUT2D eigenvalue weighted by atomic mass is 9.94. The number of anilines is 1. The number of piperidine rings is 1. The average molecular weight is 660 g/mol. The van der Waals surface area contributed by atoms with Crippen molar-refractivity contribution in [3.8, 4) is 22.1 Å². The Kier molecular flexibility index (Phi) is 7.89. The van der Waals surface area contributed by atoms with E-state index in [0.29, 0.717) is 41.9 Å². The SMILES string of the molecule is Cc1c(Cc2ccc3c(c2)OCO3)sc(NC(=O)c2ccc(S(=O)(=O)N3CC(C)CC(C)C3)cc2)c1-c1nc2ccccc2s1. The molecule has 1 amide bonds. The normalized spacial score (nSPS) is 18.4. The van der Waals surface area contributed by atoms with Crippen LogP contribution in [0.15, 0.2) is 71.6 Å². The molecular formula is C34H33N3O5S3. The predicted octanol–water partition coefficient (Wildman–Crippen LogP) is 7.57. The van der Waals surface area contributed by atoms with E-state index in [-0.39, 0.29) is 17.6 Å². The van der Waals surface area contributed by atoms with Crippen LogP contribution in [0.3, 0.4) is 0 Å². The van der Waals surface area contributed by atoms with E-state index in [1.54, 1.807) is 27.8 Å². The highest BCUT2D eigenvalue weighted by Gasteiger charge is 2.32. The Morgan fingerprint density at radius 1 is 0.978 bits per heavy atom. The predicted molar refractivity (Wildman–Crippen MR) is 179 cm³/mol. The molecule has 8 nitrogen and oxygen atoms in total. The van der Waals surface area contributed by atoms with Gasteiger partial charge in [-0.2, -0.15) is 4.31 Å². The van der Waals surface area contributed by atoms with E-state index in [1.807, 2.05) is 42.5 Å². The molecule has 0 saturated carbocycles. The van der Waals surface area contributed by atoms with Gasteiger partial charge in [-0.05, 0) is 84.8 Å². The Hall–Kier alpha value is -3.77. The van der Waals surface area contributed by atoms with E-state index >= 15 is 0 Å². The van der Waals surface area contributed by atoms with Crippen molar-refractivity contribution < 1.29 is 22.7 Å². The van der Waals surface area contributed by atoms with Gasteiger partial charge in [0, 0.05) is 35.5 Å². The Labute approximate surface area is 270 Å². The zero-order valence-electron chi connectivity index (χ0n) is 25.2. The highest BCUT2D eigenvalue weighted by atomic mass is 32.2. The number of thiazole rings is 1. The second kappa shape index (κ2) is 11.9. The molecule has 2 unspecified atom stereocenters. The standard InChI is InChI=1S/C34H33N3O5S3/c1-20-14-21(2)18-37(17-20)45(39,40)25-11-9-24(10-12-25)32(38)36-34-31(33-35-26-6-4-5-7-29(26)43-33)22(3)30(44-34)16-23-8-13-27-28(15-23)42-19-41-27/h4-13,15,20-21H,14,16-19H2,1-3H3,(H,36,38). The topological polar surface area (TPSA) is 97.8 Å². The number of para-hydroxylation sites is 1. The molecule has 2 aliphatic heterocycles. The number of aromatic nitrogens is 1. The van der Waals surface area contributed by atoms with E-state index in [0.717, 1.165) is 54.7 Å². The van der Waals surface area contributed by atoms with Crippen LogP contribution in [-0.4, -0.2) is 43.5 Å². The van der Waals surface area contributed by atoms with Crippen LogP contribution in [0.5, 0.6) is 11.5 Å². The van der Waals surface area contributed by atoms with E-state index < -0.39 is 10.0 Å². The Morgan fingerprint density at radius 2 is 1.71 bits per heavy atom. The number of carbonyl (C=O) groups excluding carboxylic acids is 1. The van der Waals surface area contributed by atoms with Crippen molar-refractivity contribution in [1.29, 1.82) is 0 Å². The largest absolute Gasteiger partial charge is 0.454 e. The summed E-state index contributed by atoms with van der Waals surface area (Å²) in [6.45, 7) is 7.48. The van der Waals surface area contributed by atoms with E-state index in [4.69, 9.17) is 14.5 Å². The fourth-order valence-corrected chi connectivity index (χ4v) is 10.2. The number of benzene rings is 3. The number of amides is 1. The molecule has 5 aromatic rings. The fraction of sp³-hybridized carbons (Fsp3) is 0.294. The van der Waals surface area contributed by atoms with Crippen molar-refractivity contribution in [3.63, 3.8) is 0 Å². The summed E-state index contributed by atoms with van der Waals surface area (Å²) in [4.78, 5) is 19.8. The number of fused-ring (bicyclic) bond motifs is 2. The number of thiophene rings is 1. The number of hydrogen-bond donors (Lipinski definition) is 1. The lowest BCUT2D eigenvalue weighted by Gasteiger charge is -2.34. The molecule has 45 heavy (non-hydrogen) atoms. The molecule has 0 radical (unpaired) electrons. The number of sulfonamides is 1. The van der Waals surface area contributed by atoms with Crippen LogP contribution in [0.25, 0.3) is 20.8 Å². The number of hydrogen-bond acceptors (Lipinski definition) is 8. The van der Waals surface area contributed by atoms with Gasteiger partial charge in [0.2, 0.25) is 16.8 Å². The Morgan fingerprint density at radius 3 is 2.47 bits per heavy atom. The molecule has 232 valence electrons. The summed E-state index contributed by atoms with van der Waals surface area (Å²) >= 11 is 3.12. The van der Waals surface area contributed by atoms with Crippen LogP contribution in [0.1, 0.15) is 46.6 Å². The van der Waals surface area contributed by atoms with Crippen molar-refractivity contribution >= 4 is 53.8 Å². The summed E-state index contributed by atoms with van der Waals surface area (Å²) in [5.41, 5.74) is 4.32. The molecule has 11 heteroatoms. The summed E-state index contributed by atoms with van der Waals surface area (Å²) < 4.78 is 40.5. The second-order valence-electron chi connectivity index (χ2n) is 12.0. The number of ether oxygens (including phenoxy) is 2. The molecular weight excluding hydrogens is 627 g/mol. The first-order valence-electron chi connectivity index (χ1n) is 14.9. The van der Waals surface area contributed by atoms with Crippen LogP contribution >= 0.6 is 22.7 Å². The maximum atomic E-state index is 13.6. The van der Waals surface area contributed by atoms with E-state index in [1.165, 1.54) is 23.5 Å². The molecule has 1 N–H and O–H groups in total. The molecule has 4 heterocycles. The molecule has 2 atom stereocenters. The van der Waals surface area contributed by atoms with Gasteiger partial charge in [0.1, 0.15) is 10.0 Å². The molecule has 1 fully saturated rings. The monoisotopic (exact) mass is 659 g/mol. The first kappa shape index (κ1) is 29.9. The van der Waals surface area contributed by atoms with Gasteiger partial charge in [-0.15, -0.1) is 22.7 Å². The smallest absolute Gasteiger partial charge is 0.256 e. The quantitative estimate of drug-likeness (QED) is 0.194. The molecule has 2 aliphatic rings. The summed E-state index contributed by atoms with van der Waals surface area (Å²) in [7, 11) is -3.64. The highest BCUT2D eigenvalue weighted by Crippen LogP contribution is 2.45. The zero-order chi connectivity index (χ0) is 31.3. The van der Waals surface area contributed by atoms with E-state index in [2.05, 4.69) is 26.1 Å². The summed E-state index contributed by atoms with van der Waals surface area (Å²) in [5, 5.41) is 4.68. The van der Waals surface area contributed by atoms with Gasteiger partial charge in [0.25, 0.3) is 5.91 Å². The van der Waals surface area contributed by atoms with Gasteiger partial charge in [-0.3, -0.25) is 4.79 Å². The molecule has 0 spiro atoms. The second-order valence-corrected chi connectivity index (χ2v) is 16.0. The number of rotatable bonds is 7. The number of carbonyl (C=O) groups is 1. The molecule has 1 saturated heterocycles. The summed E-state index contributed by atoms with van der Waals surface area (Å²) in [5.74, 6) is 1.78. The summed E-state index contributed by atoms with van der Waals surface area (Å²) in [6.07, 6.45) is 1.67. The van der Waals surface area contributed by atoms with Crippen molar-refractivity contribution in [2.45, 2.75) is 38.5 Å². The van der Waals surface area contributed by atoms with Crippen molar-refractivity contribution in [2.24, 2.45) is 11.8 Å². The Bertz CT molecular complexity index is 1970. The zero-order valence-corrected chi connectivity index (χ0v) is 27.7. The van der Waals surface area contributed by atoms with Gasteiger partial charge >= 0.3 is 0 Å². The lowest BCUT2D eigenvalue weighted by Crippen LogP contribution is -2.42. The van der Waals surface area contributed by atoms with Crippen molar-refractivity contribution in [2.75, 3.05) is 25.2 Å². The third-order valence-electron chi connectivity index (χ3n) is 8.37. The first-order valence-corrected chi connectivity index (χ1v) is 18.0. The van der Waals surface area contributed by atoms with Crippen LogP contribution in [0.4, 0.5) is 5.00 Å². The maximum absolute atomic E-state index is 13.6. The lowest BCUT2D eigenvalue weighted by molar-refractivity contribution is 0.102. The average Bonchev–Trinajstić information content (AvgIpc) is 3.73. The molecule has 2 aromatic heterocycles. The highest BCUT2D eigenvalue weighted by molar-refractivity contribution is 7.89. The minimum Gasteiger partial charge on any atom is -0.454 e. The molecule has 0 aliphatic carbocycles. The van der Waals surface area contributed by atoms with Crippen molar-refractivity contribution in [1.82, 2.24) is 9.29 Å². The van der Waals surface area contributed by atoms with Crippen LogP contribution in [-0.2, 0) is 16.4 Å². The first-order chi connectivity index (χ1) is 21.7. The maximum Gasteiger partial charge on any atom is 0.256 e. The van der Waals surface area contributed by atoms with Gasteiger partial charge in [0.05, 0.1) is 15.1 Å². The summed E-state index contributed by atoms with van der Waals surface area (Å²) in [6, 6.07) is 20.2.